The van der Waals surface area contributed by atoms with Crippen LogP contribution in [0.3, 0.4) is 0 Å². The monoisotopic (exact) mass is 490 g/mol. The second-order valence-electron chi connectivity index (χ2n) is 7.46. The van der Waals surface area contributed by atoms with E-state index in [4.69, 9.17) is 0 Å². The summed E-state index contributed by atoms with van der Waals surface area (Å²) in [6.45, 7) is 3.23. The van der Waals surface area contributed by atoms with Gasteiger partial charge >= 0.3 is 12.1 Å². The van der Waals surface area contributed by atoms with Crippen molar-refractivity contribution in [3.8, 4) is 11.4 Å². The molecule has 0 unspecified atom stereocenters. The van der Waals surface area contributed by atoms with Gasteiger partial charge in [0, 0.05) is 25.2 Å². The number of aromatic nitrogens is 3. The number of hydrogen-bond donors (Lipinski definition) is 1. The van der Waals surface area contributed by atoms with E-state index < -0.39 is 33.5 Å². The van der Waals surface area contributed by atoms with Crippen LogP contribution in [0.15, 0.2) is 29.3 Å². The van der Waals surface area contributed by atoms with Gasteiger partial charge in [0.25, 0.3) is 5.91 Å². The molecule has 0 fully saturated rings. The fraction of sp³-hybridized carbons (Fsp3) is 0.350. The second-order valence-corrected chi connectivity index (χ2v) is 9.71. The Morgan fingerprint density at radius 2 is 1.79 bits per heavy atom. The number of fused-ring (bicyclic) bond motifs is 1. The van der Waals surface area contributed by atoms with Crippen LogP contribution in [0.2, 0.25) is 0 Å². The van der Waals surface area contributed by atoms with Gasteiger partial charge < -0.3 is 9.88 Å². The van der Waals surface area contributed by atoms with Crippen molar-refractivity contribution in [1.82, 2.24) is 14.5 Å². The summed E-state index contributed by atoms with van der Waals surface area (Å²) in [6.07, 6.45) is -3.71. The SMILES string of the molecule is CCS(=O)(=O)c1cc(NC(=O)C(C)(F)F)c(C)cc1-c1nc2cc(C(F)(F)F)ncc2n1C. The highest BCUT2D eigenvalue weighted by Gasteiger charge is 2.34. The Balaban J connectivity index is 2.26. The molecule has 0 aliphatic heterocycles. The molecule has 0 radical (unpaired) electrons. The molecule has 13 heteroatoms. The number of hydrogen-bond acceptors (Lipinski definition) is 5. The first-order valence-electron chi connectivity index (χ1n) is 9.53. The van der Waals surface area contributed by atoms with Crippen LogP contribution in [-0.4, -0.2) is 40.5 Å². The number of nitrogens with one attached hydrogen (secondary N) is 1. The Kier molecular flexibility index (Phi) is 5.98. The van der Waals surface area contributed by atoms with Crippen molar-refractivity contribution < 1.29 is 35.2 Å². The van der Waals surface area contributed by atoms with Crippen LogP contribution in [0.5, 0.6) is 0 Å². The normalized spacial score (nSPS) is 12.9. The topological polar surface area (TPSA) is 93.9 Å². The highest BCUT2D eigenvalue weighted by molar-refractivity contribution is 7.91. The molecule has 33 heavy (non-hydrogen) atoms. The minimum Gasteiger partial charge on any atom is -0.326 e. The molecule has 2 heterocycles. The number of benzene rings is 1. The summed E-state index contributed by atoms with van der Waals surface area (Å²) in [6, 6.07) is 3.12. The van der Waals surface area contributed by atoms with Crippen LogP contribution in [-0.2, 0) is 27.9 Å². The van der Waals surface area contributed by atoms with Gasteiger partial charge in [0.15, 0.2) is 9.84 Å². The van der Waals surface area contributed by atoms with Gasteiger partial charge in [-0.1, -0.05) is 6.92 Å². The molecule has 1 N–H and O–H groups in total. The van der Waals surface area contributed by atoms with E-state index in [-0.39, 0.29) is 44.3 Å². The number of nitrogens with zero attached hydrogens (tertiary/aromatic N) is 3. The Bertz CT molecular complexity index is 1360. The van der Waals surface area contributed by atoms with Gasteiger partial charge in [-0.25, -0.2) is 18.4 Å². The van der Waals surface area contributed by atoms with E-state index in [1.165, 1.54) is 31.5 Å². The Labute approximate surface area is 185 Å². The molecule has 7 nitrogen and oxygen atoms in total. The van der Waals surface area contributed by atoms with E-state index in [1.807, 2.05) is 5.32 Å². The van der Waals surface area contributed by atoms with Crippen LogP contribution >= 0.6 is 0 Å². The zero-order chi connectivity index (χ0) is 24.9. The Hall–Kier alpha value is -3.09. The molecule has 178 valence electrons. The number of pyridine rings is 1. The lowest BCUT2D eigenvalue weighted by Gasteiger charge is -2.17. The van der Waals surface area contributed by atoms with Gasteiger partial charge in [-0.15, -0.1) is 0 Å². The van der Waals surface area contributed by atoms with Crippen LogP contribution in [0.4, 0.5) is 27.6 Å². The van der Waals surface area contributed by atoms with Gasteiger partial charge in [-0.05, 0) is 30.7 Å². The zero-order valence-corrected chi connectivity index (χ0v) is 18.7. The van der Waals surface area contributed by atoms with Crippen LogP contribution in [0.1, 0.15) is 25.1 Å². The molecule has 3 rings (SSSR count). The summed E-state index contributed by atoms with van der Waals surface area (Å²) in [7, 11) is -2.48. The first kappa shape index (κ1) is 24.6. The number of imidazole rings is 1. The first-order chi connectivity index (χ1) is 15.1. The molecule has 0 bridgehead atoms. The average Bonchev–Trinajstić information content (AvgIpc) is 3.03. The molecular formula is C20H19F5N4O3S. The van der Waals surface area contributed by atoms with Crippen LogP contribution in [0.25, 0.3) is 22.4 Å². The highest BCUT2D eigenvalue weighted by Crippen LogP contribution is 2.36. The van der Waals surface area contributed by atoms with E-state index >= 15 is 0 Å². The van der Waals surface area contributed by atoms with Crippen LogP contribution < -0.4 is 5.32 Å². The van der Waals surface area contributed by atoms with Crippen molar-refractivity contribution in [3.63, 3.8) is 0 Å². The Morgan fingerprint density at radius 1 is 1.15 bits per heavy atom. The lowest BCUT2D eigenvalue weighted by Crippen LogP contribution is -2.31. The zero-order valence-electron chi connectivity index (χ0n) is 17.9. The molecule has 1 aromatic carbocycles. The number of aryl methyl sites for hydroxylation is 2. The van der Waals surface area contributed by atoms with E-state index in [1.54, 1.807) is 0 Å². The molecule has 0 saturated carbocycles. The fourth-order valence-electron chi connectivity index (χ4n) is 3.13. The van der Waals surface area contributed by atoms with Crippen molar-refractivity contribution in [2.45, 2.75) is 37.8 Å². The summed E-state index contributed by atoms with van der Waals surface area (Å²) in [5.74, 6) is -5.65. The number of sulfone groups is 1. The molecule has 0 saturated heterocycles. The van der Waals surface area contributed by atoms with Crippen molar-refractivity contribution >= 4 is 32.5 Å². The number of halogens is 5. The number of anilines is 1. The summed E-state index contributed by atoms with van der Waals surface area (Å²) in [4.78, 5) is 19.0. The summed E-state index contributed by atoms with van der Waals surface area (Å²) >= 11 is 0. The lowest BCUT2D eigenvalue weighted by molar-refractivity contribution is -0.141. The smallest absolute Gasteiger partial charge is 0.326 e. The standard InChI is InChI=1S/C20H19F5N4O3S/c1-5-33(31,32)15-7-12(28-18(30)19(3,21)22)10(2)6-11(15)17-27-13-8-16(20(23,24)25)26-9-14(13)29(17)4/h6-9H,5H2,1-4H3,(H,28,30). The molecule has 0 spiro atoms. The maximum Gasteiger partial charge on any atom is 0.433 e. The number of alkyl halides is 5. The second kappa shape index (κ2) is 8.04. The molecule has 3 aromatic rings. The van der Waals surface area contributed by atoms with Crippen LogP contribution in [0, 0.1) is 6.92 Å². The van der Waals surface area contributed by atoms with E-state index in [2.05, 4.69) is 9.97 Å². The van der Waals surface area contributed by atoms with Crippen molar-refractivity contribution in [2.75, 3.05) is 11.1 Å². The maximum atomic E-state index is 13.3. The summed E-state index contributed by atoms with van der Waals surface area (Å²) in [5.41, 5.74) is -0.844. The van der Waals surface area contributed by atoms with Crippen molar-refractivity contribution in [1.29, 1.82) is 0 Å². The van der Waals surface area contributed by atoms with Crippen molar-refractivity contribution in [3.05, 3.63) is 35.7 Å². The van der Waals surface area contributed by atoms with Gasteiger partial charge in [-0.3, -0.25) is 4.79 Å². The summed E-state index contributed by atoms with van der Waals surface area (Å²) in [5, 5.41) is 2.02. The summed E-state index contributed by atoms with van der Waals surface area (Å²) < 4.78 is 92.7. The molecule has 1 amide bonds. The largest absolute Gasteiger partial charge is 0.433 e. The molecular weight excluding hydrogens is 471 g/mol. The molecule has 0 aliphatic carbocycles. The quantitative estimate of drug-likeness (QED) is 0.537. The number of rotatable bonds is 5. The van der Waals surface area contributed by atoms with Gasteiger partial charge in [0.05, 0.1) is 27.9 Å². The van der Waals surface area contributed by atoms with E-state index in [0.717, 1.165) is 18.3 Å². The first-order valence-corrected chi connectivity index (χ1v) is 11.2. The van der Waals surface area contributed by atoms with E-state index in [0.29, 0.717) is 6.92 Å². The number of carbonyl (C=O) groups excluding carboxylic acids is 1. The predicted molar refractivity (Wildman–Crippen MR) is 111 cm³/mol. The fourth-order valence-corrected chi connectivity index (χ4v) is 4.22. The van der Waals surface area contributed by atoms with Gasteiger partial charge in [0.1, 0.15) is 11.5 Å². The molecule has 0 atom stereocenters. The third-order valence-electron chi connectivity index (χ3n) is 4.99. The van der Waals surface area contributed by atoms with E-state index in [9.17, 15) is 35.2 Å². The average molecular weight is 490 g/mol. The highest BCUT2D eigenvalue weighted by atomic mass is 32.2. The van der Waals surface area contributed by atoms with Gasteiger partial charge in [0.2, 0.25) is 0 Å². The lowest BCUT2D eigenvalue weighted by atomic mass is 10.1. The number of amides is 1. The number of carbonyl (C=O) groups is 1. The molecule has 2 aromatic heterocycles. The maximum absolute atomic E-state index is 13.3. The third-order valence-corrected chi connectivity index (χ3v) is 6.76. The molecule has 0 aliphatic rings. The van der Waals surface area contributed by atoms with Crippen molar-refractivity contribution in [2.24, 2.45) is 7.05 Å². The van der Waals surface area contributed by atoms with Gasteiger partial charge in [-0.2, -0.15) is 22.0 Å². The minimum absolute atomic E-state index is 0.0277. The minimum atomic E-state index is -4.69. The predicted octanol–water partition coefficient (Wildman–Crippen LogP) is 4.35. The third kappa shape index (κ3) is 4.68. The Morgan fingerprint density at radius 3 is 2.33 bits per heavy atom.